The van der Waals surface area contributed by atoms with Gasteiger partial charge in [-0.2, -0.15) is 11.3 Å². The van der Waals surface area contributed by atoms with Crippen LogP contribution in [0.2, 0.25) is 0 Å². The molecule has 0 bridgehead atoms. The number of nitrogens with zero attached hydrogens (tertiary/aromatic N) is 12. The van der Waals surface area contributed by atoms with Crippen molar-refractivity contribution in [1.82, 2.24) is 28.4 Å². The maximum Gasteiger partial charge on any atom is 0.357 e. The summed E-state index contributed by atoms with van der Waals surface area (Å²) in [6.45, 7) is 7.01. The molecule has 0 radical (unpaired) electrons. The number of piperazine rings is 3. The minimum absolute atomic E-state index is 0.0377. The zero-order valence-electron chi connectivity index (χ0n) is 46.1. The van der Waals surface area contributed by atoms with E-state index in [1.165, 1.54) is 50.2 Å². The number of hydrogen-bond acceptors (Lipinski definition) is 17. The van der Waals surface area contributed by atoms with E-state index in [0.29, 0.717) is 121 Å². The van der Waals surface area contributed by atoms with E-state index < -0.39 is 42.8 Å². The van der Waals surface area contributed by atoms with Crippen LogP contribution in [0.15, 0.2) is 157 Å². The number of para-hydroxylation sites is 3. The number of aryl methyl sites for hydroxylation is 3. The first-order valence-corrected chi connectivity index (χ1v) is 27.9. The SMILES string of the molecule is Cn1c(=O)c([N+](=O)[O-])c(N2CCN(C(=O)c3ccoc3)CC2)c2ccccc21.Cn1c(=O)c([N+](=O)[O-])c(N2CCN(C(=O)c3ccsc3)CC2)c2ccccc21.Cn1c(=O)c([N+](=O)[O-])c(N2CCN(Cc3ccccc3)CC2)c2ccccc21. The largest absolute Gasteiger partial charge is 0.472 e. The van der Waals surface area contributed by atoms with Crippen LogP contribution in [-0.4, -0.2) is 134 Å². The number of anilines is 3. The van der Waals surface area contributed by atoms with E-state index in [0.717, 1.165) is 25.0 Å². The molecule has 3 aliphatic rings. The van der Waals surface area contributed by atoms with Gasteiger partial charge in [-0.15, -0.1) is 0 Å². The van der Waals surface area contributed by atoms with Crippen LogP contribution < -0.4 is 31.4 Å². The van der Waals surface area contributed by atoms with Gasteiger partial charge in [0.15, 0.2) is 0 Å². The Kier molecular flexibility index (Phi) is 16.8. The summed E-state index contributed by atoms with van der Waals surface area (Å²) < 4.78 is 8.94. The number of hydrogen-bond donors (Lipinski definition) is 0. The highest BCUT2D eigenvalue weighted by atomic mass is 32.1. The number of thiophene rings is 1. The molecule has 0 spiro atoms. The Labute approximate surface area is 482 Å². The molecule has 24 nitrogen and oxygen atoms in total. The summed E-state index contributed by atoms with van der Waals surface area (Å²) in [6.07, 6.45) is 2.84. The lowest BCUT2D eigenvalue weighted by Crippen LogP contribution is -2.49. The number of benzene rings is 4. The summed E-state index contributed by atoms with van der Waals surface area (Å²) in [7, 11) is 4.65. The van der Waals surface area contributed by atoms with Crippen molar-refractivity contribution < 1.29 is 28.8 Å². The lowest BCUT2D eigenvalue weighted by molar-refractivity contribution is -0.385. The molecule has 2 amide bonds. The number of fused-ring (bicyclic) bond motifs is 3. The Bertz CT molecular complexity index is 3960. The lowest BCUT2D eigenvalue weighted by Gasteiger charge is -2.36. The molecule has 9 aromatic rings. The maximum atomic E-state index is 12.7. The molecule has 84 heavy (non-hydrogen) atoms. The number of amides is 2. The van der Waals surface area contributed by atoms with Crippen LogP contribution in [0.1, 0.15) is 26.3 Å². The van der Waals surface area contributed by atoms with E-state index in [-0.39, 0.29) is 17.5 Å². The Hall–Kier alpha value is -10.0. The molecule has 0 aliphatic carbocycles. The van der Waals surface area contributed by atoms with Gasteiger partial charge in [0.25, 0.3) is 11.8 Å². The molecule has 4 aromatic carbocycles. The lowest BCUT2D eigenvalue weighted by atomic mass is 10.1. The van der Waals surface area contributed by atoms with Crippen molar-refractivity contribution in [2.75, 3.05) is 93.2 Å². The van der Waals surface area contributed by atoms with Crippen molar-refractivity contribution in [3.8, 4) is 0 Å². The standard InChI is InChI=1S/C21H22N4O3.C19H18N4O5.C19H18N4O4S/c1-22-18-10-6-5-9-17(18)19(20(21(22)26)25(27)28)24-13-11-23(12-14-24)15-16-7-3-2-4-8-16;2*1-20-15-5-3-2-4-14(15)16(17(19(20)25)23(26)27)21-7-9-22(10-8-21)18(24)13-6-11-28-12-13/h2-10H,11-15H2,1H3;2*2-6,11-12H,7-10H2,1H3. The minimum atomic E-state index is -0.643. The van der Waals surface area contributed by atoms with Crippen molar-refractivity contribution in [2.45, 2.75) is 6.54 Å². The summed E-state index contributed by atoms with van der Waals surface area (Å²) in [4.78, 5) is 108. The second-order valence-electron chi connectivity index (χ2n) is 20.3. The Morgan fingerprint density at radius 1 is 0.476 bits per heavy atom. The average molecular weight is 1160 g/mol. The minimum Gasteiger partial charge on any atom is -0.472 e. The summed E-state index contributed by atoms with van der Waals surface area (Å²) >= 11 is 1.47. The van der Waals surface area contributed by atoms with E-state index in [9.17, 15) is 54.3 Å². The highest BCUT2D eigenvalue weighted by Gasteiger charge is 2.35. The van der Waals surface area contributed by atoms with Gasteiger partial charge in [-0.05, 0) is 41.3 Å². The van der Waals surface area contributed by atoms with Crippen LogP contribution in [0.5, 0.6) is 0 Å². The fourth-order valence-corrected chi connectivity index (χ4v) is 11.8. The zero-order valence-corrected chi connectivity index (χ0v) is 47.0. The first kappa shape index (κ1) is 57.2. The van der Waals surface area contributed by atoms with Crippen molar-refractivity contribution in [1.29, 1.82) is 0 Å². The molecule has 0 saturated carbocycles. The van der Waals surface area contributed by atoms with E-state index >= 15 is 0 Å². The van der Waals surface area contributed by atoms with Gasteiger partial charge >= 0.3 is 33.7 Å². The second-order valence-corrected chi connectivity index (χ2v) is 21.1. The van der Waals surface area contributed by atoms with Crippen LogP contribution in [-0.2, 0) is 27.7 Å². The van der Waals surface area contributed by atoms with Crippen LogP contribution in [0.4, 0.5) is 34.1 Å². The van der Waals surface area contributed by atoms with Crippen molar-refractivity contribution in [2.24, 2.45) is 21.1 Å². The van der Waals surface area contributed by atoms with E-state index in [1.807, 2.05) is 67.9 Å². The molecule has 3 fully saturated rings. The normalized spacial score (nSPS) is 14.7. The molecule has 8 heterocycles. The topological polar surface area (TPSA) is 262 Å². The summed E-state index contributed by atoms with van der Waals surface area (Å²) in [5.41, 5.74) is 2.44. The zero-order chi connectivity index (χ0) is 59.3. The number of pyridine rings is 3. The summed E-state index contributed by atoms with van der Waals surface area (Å²) in [6, 6.07) is 35.3. The van der Waals surface area contributed by atoms with Crippen LogP contribution >= 0.6 is 11.3 Å². The van der Waals surface area contributed by atoms with Crippen molar-refractivity contribution in [3.63, 3.8) is 0 Å². The van der Waals surface area contributed by atoms with Gasteiger partial charge in [0.05, 0.1) is 48.7 Å². The van der Waals surface area contributed by atoms with E-state index in [1.54, 1.807) is 84.6 Å². The number of furan rings is 1. The van der Waals surface area contributed by atoms with E-state index in [4.69, 9.17) is 4.42 Å². The van der Waals surface area contributed by atoms with Gasteiger partial charge in [-0.3, -0.25) is 59.2 Å². The van der Waals surface area contributed by atoms with E-state index in [2.05, 4.69) is 17.0 Å². The third-order valence-corrected chi connectivity index (χ3v) is 16.2. The fourth-order valence-electron chi connectivity index (χ4n) is 11.2. The molecule has 25 heteroatoms. The second kappa shape index (κ2) is 24.6. The number of carbonyl (C=O) groups excluding carboxylic acids is 2. The summed E-state index contributed by atoms with van der Waals surface area (Å²) in [5.74, 6) is -0.180. The first-order chi connectivity index (χ1) is 40.5. The number of nitro groups is 3. The molecule has 5 aromatic heterocycles. The third-order valence-electron chi connectivity index (χ3n) is 15.5. The van der Waals surface area contributed by atoms with Crippen LogP contribution in [0, 0.1) is 30.3 Å². The molecule has 432 valence electrons. The van der Waals surface area contributed by atoms with Gasteiger partial charge in [0.2, 0.25) is 0 Å². The molecule has 0 N–H and O–H groups in total. The van der Waals surface area contributed by atoms with Crippen molar-refractivity contribution >= 4 is 90.0 Å². The third kappa shape index (κ3) is 11.3. The van der Waals surface area contributed by atoms with Crippen LogP contribution in [0.3, 0.4) is 0 Å². The Balaban J connectivity index is 0.000000140. The van der Waals surface area contributed by atoms with Crippen LogP contribution in [0.25, 0.3) is 32.7 Å². The number of aromatic nitrogens is 3. The molecular formula is C59H58N12O12S. The average Bonchev–Trinajstić information content (AvgIpc) is 3.49. The summed E-state index contributed by atoms with van der Waals surface area (Å²) in [5, 5.41) is 40.9. The maximum absolute atomic E-state index is 12.7. The smallest absolute Gasteiger partial charge is 0.357 e. The molecule has 0 unspecified atom stereocenters. The highest BCUT2D eigenvalue weighted by molar-refractivity contribution is 7.08. The quantitative estimate of drug-likeness (QED) is 0.0965. The fraction of sp³-hybridized carbons (Fsp3) is 0.271. The predicted molar refractivity (Wildman–Crippen MR) is 321 cm³/mol. The molecule has 3 aliphatic heterocycles. The number of carbonyl (C=O) groups is 2. The molecule has 3 saturated heterocycles. The van der Waals surface area contributed by atoms with Gasteiger partial charge in [0, 0.05) is 128 Å². The Morgan fingerprint density at radius 2 is 0.845 bits per heavy atom. The van der Waals surface area contributed by atoms with Gasteiger partial charge in [-0.25, -0.2) is 0 Å². The number of rotatable bonds is 10. The highest BCUT2D eigenvalue weighted by Crippen LogP contribution is 2.37. The molecule has 0 atom stereocenters. The monoisotopic (exact) mass is 1160 g/mol. The van der Waals surface area contributed by atoms with Crippen molar-refractivity contribution in [3.05, 3.63) is 217 Å². The van der Waals surface area contributed by atoms with Gasteiger partial charge in [-0.1, -0.05) is 84.9 Å². The Morgan fingerprint density at radius 3 is 1.20 bits per heavy atom. The van der Waals surface area contributed by atoms with Gasteiger partial charge < -0.3 is 42.6 Å². The van der Waals surface area contributed by atoms with Gasteiger partial charge in [0.1, 0.15) is 23.3 Å². The predicted octanol–water partition coefficient (Wildman–Crippen LogP) is 7.24. The molecule has 12 rings (SSSR count). The molecular weight excluding hydrogens is 1100 g/mol. The first-order valence-electron chi connectivity index (χ1n) is 27.0.